The Kier molecular flexibility index (Phi) is 4.37. The highest BCUT2D eigenvalue weighted by Gasteiger charge is 2.33. The molecule has 0 saturated carbocycles. The first kappa shape index (κ1) is 15.9. The van der Waals surface area contributed by atoms with Gasteiger partial charge >= 0.3 is 5.97 Å². The SMILES string of the molecule is Cc1cc(C)c(C(=O)NC(C(=O)O)C(C)(C)C)c(=O)[nH]1. The van der Waals surface area contributed by atoms with Gasteiger partial charge in [-0.05, 0) is 30.9 Å². The summed E-state index contributed by atoms with van der Waals surface area (Å²) in [6, 6.07) is 0.596. The molecule has 6 nitrogen and oxygen atoms in total. The van der Waals surface area contributed by atoms with E-state index < -0.39 is 28.9 Å². The number of aryl methyl sites for hydroxylation is 2. The lowest BCUT2D eigenvalue weighted by atomic mass is 9.86. The third-order valence-corrected chi connectivity index (χ3v) is 2.98. The van der Waals surface area contributed by atoms with Crippen molar-refractivity contribution in [1.82, 2.24) is 10.3 Å². The maximum absolute atomic E-state index is 12.2. The molecule has 0 saturated heterocycles. The third kappa shape index (κ3) is 3.46. The van der Waals surface area contributed by atoms with Crippen molar-refractivity contribution < 1.29 is 14.7 Å². The number of aliphatic carboxylic acids is 1. The number of carboxylic acids is 1. The highest BCUT2D eigenvalue weighted by molar-refractivity contribution is 5.97. The van der Waals surface area contributed by atoms with Crippen LogP contribution in [0.3, 0.4) is 0 Å². The lowest BCUT2D eigenvalue weighted by Crippen LogP contribution is -2.50. The van der Waals surface area contributed by atoms with Gasteiger partial charge in [0.2, 0.25) is 0 Å². The van der Waals surface area contributed by atoms with Crippen molar-refractivity contribution >= 4 is 11.9 Å². The maximum atomic E-state index is 12.2. The molecule has 1 amide bonds. The average molecular weight is 280 g/mol. The summed E-state index contributed by atoms with van der Waals surface area (Å²) in [5.74, 6) is -1.81. The third-order valence-electron chi connectivity index (χ3n) is 2.98. The zero-order valence-electron chi connectivity index (χ0n) is 12.3. The molecule has 0 bridgehead atoms. The summed E-state index contributed by atoms with van der Waals surface area (Å²) in [5, 5.41) is 11.6. The second-order valence-corrected chi connectivity index (χ2v) is 5.95. The number of aromatic nitrogens is 1. The number of amides is 1. The first-order valence-electron chi connectivity index (χ1n) is 6.28. The standard InChI is InChI=1S/C14H20N2O4/c1-7-6-8(2)15-11(17)9(7)12(18)16-10(13(19)20)14(3,4)5/h6,10H,1-5H3,(H,15,17)(H,16,18)(H,19,20). The van der Waals surface area contributed by atoms with Crippen molar-refractivity contribution in [1.29, 1.82) is 0 Å². The highest BCUT2D eigenvalue weighted by Crippen LogP contribution is 2.20. The second kappa shape index (κ2) is 5.48. The molecule has 1 atom stereocenters. The molecule has 0 radical (unpaired) electrons. The maximum Gasteiger partial charge on any atom is 0.326 e. The molecule has 0 spiro atoms. The molecule has 1 rings (SSSR count). The lowest BCUT2D eigenvalue weighted by Gasteiger charge is -2.27. The largest absolute Gasteiger partial charge is 0.480 e. The van der Waals surface area contributed by atoms with Crippen molar-refractivity contribution in [3.8, 4) is 0 Å². The Hall–Kier alpha value is -2.11. The molecule has 0 aliphatic carbocycles. The van der Waals surface area contributed by atoms with E-state index in [0.29, 0.717) is 11.3 Å². The first-order chi connectivity index (χ1) is 9.04. The lowest BCUT2D eigenvalue weighted by molar-refractivity contribution is -0.142. The zero-order valence-corrected chi connectivity index (χ0v) is 12.3. The number of H-pyrrole nitrogens is 1. The van der Waals surface area contributed by atoms with Gasteiger partial charge in [0, 0.05) is 5.69 Å². The van der Waals surface area contributed by atoms with E-state index >= 15 is 0 Å². The number of hydrogen-bond acceptors (Lipinski definition) is 3. The number of carboxylic acid groups (broad SMARTS) is 1. The molecule has 1 aromatic heterocycles. The van der Waals surface area contributed by atoms with E-state index in [9.17, 15) is 19.5 Å². The topological polar surface area (TPSA) is 99.3 Å². The van der Waals surface area contributed by atoms with Gasteiger partial charge in [-0.3, -0.25) is 9.59 Å². The van der Waals surface area contributed by atoms with Gasteiger partial charge in [-0.1, -0.05) is 20.8 Å². The molecule has 1 heterocycles. The van der Waals surface area contributed by atoms with Gasteiger partial charge < -0.3 is 15.4 Å². The Morgan fingerprint density at radius 3 is 2.25 bits per heavy atom. The van der Waals surface area contributed by atoms with Crippen molar-refractivity contribution in [2.24, 2.45) is 5.41 Å². The number of pyridine rings is 1. The Labute approximate surface area is 117 Å². The van der Waals surface area contributed by atoms with Crippen LogP contribution in [0.1, 0.15) is 42.4 Å². The Morgan fingerprint density at radius 2 is 1.85 bits per heavy atom. The van der Waals surface area contributed by atoms with E-state index in [2.05, 4.69) is 10.3 Å². The van der Waals surface area contributed by atoms with Gasteiger partial charge in [0.05, 0.1) is 0 Å². The molecule has 1 unspecified atom stereocenters. The predicted molar refractivity (Wildman–Crippen MR) is 74.9 cm³/mol. The summed E-state index contributed by atoms with van der Waals surface area (Å²) in [7, 11) is 0. The average Bonchev–Trinajstić information content (AvgIpc) is 2.22. The van der Waals surface area contributed by atoms with Gasteiger partial charge in [-0.25, -0.2) is 4.79 Å². The van der Waals surface area contributed by atoms with E-state index in [1.54, 1.807) is 40.7 Å². The second-order valence-electron chi connectivity index (χ2n) is 5.95. The number of carbonyl (C=O) groups excluding carboxylic acids is 1. The van der Waals surface area contributed by atoms with Crippen LogP contribution in [0.5, 0.6) is 0 Å². The molecule has 6 heteroatoms. The molecule has 1 aromatic rings. The minimum Gasteiger partial charge on any atom is -0.480 e. The molecule has 0 aromatic carbocycles. The fraction of sp³-hybridized carbons (Fsp3) is 0.500. The fourth-order valence-electron chi connectivity index (χ4n) is 1.99. The van der Waals surface area contributed by atoms with E-state index in [4.69, 9.17) is 0 Å². The predicted octanol–water partition coefficient (Wildman–Crippen LogP) is 1.22. The van der Waals surface area contributed by atoms with Crippen LogP contribution >= 0.6 is 0 Å². The van der Waals surface area contributed by atoms with Crippen molar-refractivity contribution in [2.75, 3.05) is 0 Å². The van der Waals surface area contributed by atoms with Crippen LogP contribution in [0.2, 0.25) is 0 Å². The Morgan fingerprint density at radius 1 is 1.30 bits per heavy atom. The van der Waals surface area contributed by atoms with Gasteiger partial charge in [-0.15, -0.1) is 0 Å². The summed E-state index contributed by atoms with van der Waals surface area (Å²) in [5.41, 5.74) is -0.0621. The highest BCUT2D eigenvalue weighted by atomic mass is 16.4. The van der Waals surface area contributed by atoms with Crippen LogP contribution in [0.25, 0.3) is 0 Å². The summed E-state index contributed by atoms with van der Waals surface area (Å²) < 4.78 is 0. The fourth-order valence-corrected chi connectivity index (χ4v) is 1.99. The minimum absolute atomic E-state index is 0.0499. The van der Waals surface area contributed by atoms with Gasteiger partial charge in [-0.2, -0.15) is 0 Å². The van der Waals surface area contributed by atoms with Crippen molar-refractivity contribution in [2.45, 2.75) is 40.7 Å². The summed E-state index contributed by atoms with van der Waals surface area (Å²) in [6.07, 6.45) is 0. The van der Waals surface area contributed by atoms with Crippen molar-refractivity contribution in [3.05, 3.63) is 33.2 Å². The van der Waals surface area contributed by atoms with Gasteiger partial charge in [0.1, 0.15) is 11.6 Å². The molecular weight excluding hydrogens is 260 g/mol. The summed E-state index contributed by atoms with van der Waals surface area (Å²) in [4.78, 5) is 37.8. The Balaban J connectivity index is 3.14. The van der Waals surface area contributed by atoms with Crippen LogP contribution in [0.4, 0.5) is 0 Å². The smallest absolute Gasteiger partial charge is 0.326 e. The molecular formula is C14H20N2O4. The van der Waals surface area contributed by atoms with Crippen LogP contribution in [0, 0.1) is 19.3 Å². The van der Waals surface area contributed by atoms with E-state index in [-0.39, 0.29) is 5.56 Å². The van der Waals surface area contributed by atoms with Gasteiger partial charge in [0.25, 0.3) is 11.5 Å². The van der Waals surface area contributed by atoms with E-state index in [0.717, 1.165) is 0 Å². The van der Waals surface area contributed by atoms with Crippen LogP contribution in [-0.2, 0) is 4.79 Å². The van der Waals surface area contributed by atoms with E-state index in [1.807, 2.05) is 0 Å². The molecule has 20 heavy (non-hydrogen) atoms. The van der Waals surface area contributed by atoms with Gasteiger partial charge in [0.15, 0.2) is 0 Å². The van der Waals surface area contributed by atoms with Crippen LogP contribution < -0.4 is 10.9 Å². The number of carbonyl (C=O) groups is 2. The monoisotopic (exact) mass is 280 g/mol. The summed E-state index contributed by atoms with van der Waals surface area (Å²) >= 11 is 0. The van der Waals surface area contributed by atoms with Crippen molar-refractivity contribution in [3.63, 3.8) is 0 Å². The minimum atomic E-state index is -1.13. The number of aromatic amines is 1. The van der Waals surface area contributed by atoms with Crippen LogP contribution in [-0.4, -0.2) is 28.0 Å². The van der Waals surface area contributed by atoms with E-state index in [1.165, 1.54) is 0 Å². The number of nitrogens with one attached hydrogen (secondary N) is 2. The molecule has 3 N–H and O–H groups in total. The Bertz CT molecular complexity index is 596. The normalized spacial score (nSPS) is 12.8. The molecule has 110 valence electrons. The number of hydrogen-bond donors (Lipinski definition) is 3. The first-order valence-corrected chi connectivity index (χ1v) is 6.28. The molecule has 0 fully saturated rings. The molecule has 0 aliphatic rings. The quantitative estimate of drug-likeness (QED) is 0.775. The molecule has 0 aliphatic heterocycles. The number of rotatable bonds is 3. The van der Waals surface area contributed by atoms with Crippen LogP contribution in [0.15, 0.2) is 10.9 Å². The summed E-state index contributed by atoms with van der Waals surface area (Å²) in [6.45, 7) is 8.48. The zero-order chi connectivity index (χ0) is 15.7.